The predicted molar refractivity (Wildman–Crippen MR) is 110 cm³/mol. The number of allylic oxidation sites excluding steroid dienone is 1. The van der Waals surface area contributed by atoms with E-state index in [9.17, 15) is 4.79 Å². The van der Waals surface area contributed by atoms with Crippen molar-refractivity contribution in [3.05, 3.63) is 69.3 Å². The molecule has 0 aliphatic carbocycles. The van der Waals surface area contributed by atoms with E-state index in [-0.39, 0.29) is 12.4 Å². The Balaban J connectivity index is 1.80. The molecule has 0 heterocycles. The standard InChI is InChI=1S/C21H23IO3/c22-19-10-5-17(6-11-19)7-14-21(24)18-8-12-20(13-9-18)25-16-4-2-1-3-15-23/h5-14,23H,1-4,15-16H2. The van der Waals surface area contributed by atoms with E-state index >= 15 is 0 Å². The van der Waals surface area contributed by atoms with Gasteiger partial charge in [-0.1, -0.05) is 24.6 Å². The van der Waals surface area contributed by atoms with Gasteiger partial charge in [0.25, 0.3) is 0 Å². The minimum Gasteiger partial charge on any atom is -0.494 e. The third-order valence-electron chi connectivity index (χ3n) is 3.76. The van der Waals surface area contributed by atoms with Crippen LogP contribution in [0, 0.1) is 3.57 Å². The quantitative estimate of drug-likeness (QED) is 0.237. The van der Waals surface area contributed by atoms with E-state index in [1.165, 1.54) is 3.57 Å². The van der Waals surface area contributed by atoms with E-state index in [0.717, 1.165) is 37.0 Å². The van der Waals surface area contributed by atoms with Gasteiger partial charge in [-0.25, -0.2) is 0 Å². The number of carbonyl (C=O) groups excluding carboxylic acids is 1. The molecular weight excluding hydrogens is 427 g/mol. The number of benzene rings is 2. The normalized spacial score (nSPS) is 11.0. The van der Waals surface area contributed by atoms with Gasteiger partial charge in [-0.3, -0.25) is 4.79 Å². The van der Waals surface area contributed by atoms with Crippen LogP contribution in [0.15, 0.2) is 54.6 Å². The number of carbonyl (C=O) groups is 1. The van der Waals surface area contributed by atoms with E-state index in [0.29, 0.717) is 12.2 Å². The summed E-state index contributed by atoms with van der Waals surface area (Å²) in [5.41, 5.74) is 1.66. The first-order valence-electron chi connectivity index (χ1n) is 8.51. The zero-order chi connectivity index (χ0) is 17.9. The van der Waals surface area contributed by atoms with Gasteiger partial charge in [0.1, 0.15) is 5.75 Å². The maximum absolute atomic E-state index is 12.2. The van der Waals surface area contributed by atoms with Gasteiger partial charge in [0.15, 0.2) is 5.78 Å². The minimum atomic E-state index is -0.0193. The number of hydrogen-bond acceptors (Lipinski definition) is 3. The molecule has 0 unspecified atom stereocenters. The van der Waals surface area contributed by atoms with Gasteiger partial charge < -0.3 is 9.84 Å². The van der Waals surface area contributed by atoms with Crippen molar-refractivity contribution in [1.29, 1.82) is 0 Å². The molecular formula is C21H23IO3. The Hall–Kier alpha value is -1.66. The van der Waals surface area contributed by atoms with Gasteiger partial charge in [-0.15, -0.1) is 0 Å². The third-order valence-corrected chi connectivity index (χ3v) is 4.48. The van der Waals surface area contributed by atoms with Crippen LogP contribution in [0.2, 0.25) is 0 Å². The summed E-state index contributed by atoms with van der Waals surface area (Å²) in [5, 5.41) is 8.72. The molecule has 0 saturated carbocycles. The zero-order valence-electron chi connectivity index (χ0n) is 14.2. The second kappa shape index (κ2) is 11.1. The van der Waals surface area contributed by atoms with Gasteiger partial charge in [0.2, 0.25) is 0 Å². The number of aliphatic hydroxyl groups is 1. The number of ketones is 1. The Labute approximate surface area is 162 Å². The molecule has 3 nitrogen and oxygen atoms in total. The van der Waals surface area contributed by atoms with Crippen molar-refractivity contribution < 1.29 is 14.6 Å². The highest BCUT2D eigenvalue weighted by Crippen LogP contribution is 2.15. The Morgan fingerprint density at radius 2 is 1.64 bits per heavy atom. The van der Waals surface area contributed by atoms with Crippen molar-refractivity contribution in [2.24, 2.45) is 0 Å². The van der Waals surface area contributed by atoms with Crippen LogP contribution in [0.4, 0.5) is 0 Å². The molecule has 0 aliphatic heterocycles. The Kier molecular flexibility index (Phi) is 8.69. The van der Waals surface area contributed by atoms with Gasteiger partial charge >= 0.3 is 0 Å². The van der Waals surface area contributed by atoms with E-state index in [1.807, 2.05) is 42.5 Å². The van der Waals surface area contributed by atoms with Crippen LogP contribution in [0.1, 0.15) is 41.6 Å². The van der Waals surface area contributed by atoms with Crippen molar-refractivity contribution in [2.45, 2.75) is 25.7 Å². The Bertz CT molecular complexity index is 675. The summed E-state index contributed by atoms with van der Waals surface area (Å²) < 4.78 is 6.84. The fourth-order valence-corrected chi connectivity index (χ4v) is 2.67. The maximum Gasteiger partial charge on any atom is 0.185 e. The highest BCUT2D eigenvalue weighted by Gasteiger charge is 2.02. The molecule has 2 rings (SSSR count). The molecule has 0 bridgehead atoms. The van der Waals surface area contributed by atoms with E-state index in [2.05, 4.69) is 22.6 Å². The molecule has 1 N–H and O–H groups in total. The smallest absolute Gasteiger partial charge is 0.185 e. The molecule has 2 aromatic carbocycles. The summed E-state index contributed by atoms with van der Waals surface area (Å²) in [5.74, 6) is 0.759. The van der Waals surface area contributed by atoms with E-state index in [4.69, 9.17) is 9.84 Å². The second-order valence-electron chi connectivity index (χ2n) is 5.76. The minimum absolute atomic E-state index is 0.0193. The summed E-state index contributed by atoms with van der Waals surface area (Å²) in [7, 11) is 0. The number of aliphatic hydroxyl groups excluding tert-OH is 1. The fraction of sp³-hybridized carbons (Fsp3) is 0.286. The third kappa shape index (κ3) is 7.40. The van der Waals surface area contributed by atoms with Crippen molar-refractivity contribution in [3.63, 3.8) is 0 Å². The highest BCUT2D eigenvalue weighted by molar-refractivity contribution is 14.1. The fourth-order valence-electron chi connectivity index (χ4n) is 2.31. The van der Waals surface area contributed by atoms with Gasteiger partial charge in [-0.05, 0) is 89.9 Å². The SMILES string of the molecule is O=C(C=Cc1ccc(I)cc1)c1ccc(OCCCCCCO)cc1. The number of unbranched alkanes of at least 4 members (excludes halogenated alkanes) is 3. The first-order valence-corrected chi connectivity index (χ1v) is 9.58. The second-order valence-corrected chi connectivity index (χ2v) is 7.01. The van der Waals surface area contributed by atoms with Crippen LogP contribution >= 0.6 is 22.6 Å². The largest absolute Gasteiger partial charge is 0.494 e. The van der Waals surface area contributed by atoms with Crippen LogP contribution in [0.3, 0.4) is 0 Å². The summed E-state index contributed by atoms with van der Waals surface area (Å²) in [6.07, 6.45) is 7.33. The first-order chi connectivity index (χ1) is 12.2. The molecule has 0 saturated heterocycles. The lowest BCUT2D eigenvalue weighted by Gasteiger charge is -2.06. The number of rotatable bonds is 10. The topological polar surface area (TPSA) is 46.5 Å². The number of ether oxygens (including phenoxy) is 1. The zero-order valence-corrected chi connectivity index (χ0v) is 16.3. The summed E-state index contributed by atoms with van der Waals surface area (Å²) in [6, 6.07) is 15.3. The molecule has 132 valence electrons. The monoisotopic (exact) mass is 450 g/mol. The summed E-state index contributed by atoms with van der Waals surface area (Å²) in [6.45, 7) is 0.916. The number of hydrogen-bond donors (Lipinski definition) is 1. The molecule has 0 aliphatic rings. The summed E-state index contributed by atoms with van der Waals surface area (Å²) >= 11 is 2.26. The Morgan fingerprint density at radius 3 is 2.32 bits per heavy atom. The molecule has 0 amide bonds. The first kappa shape index (κ1) is 19.7. The predicted octanol–water partition coefficient (Wildman–Crippen LogP) is 5.12. The Morgan fingerprint density at radius 1 is 0.960 bits per heavy atom. The average molecular weight is 450 g/mol. The van der Waals surface area contributed by atoms with Gasteiger partial charge in [-0.2, -0.15) is 0 Å². The summed E-state index contributed by atoms with van der Waals surface area (Å²) in [4.78, 5) is 12.2. The molecule has 4 heteroatoms. The lowest BCUT2D eigenvalue weighted by Crippen LogP contribution is -1.99. The van der Waals surface area contributed by atoms with Crippen LogP contribution < -0.4 is 4.74 Å². The molecule has 0 atom stereocenters. The molecule has 2 aromatic rings. The van der Waals surface area contributed by atoms with Crippen molar-refractivity contribution in [2.75, 3.05) is 13.2 Å². The molecule has 0 fully saturated rings. The molecule has 0 spiro atoms. The van der Waals surface area contributed by atoms with Gasteiger partial charge in [0, 0.05) is 15.7 Å². The van der Waals surface area contributed by atoms with E-state index < -0.39 is 0 Å². The van der Waals surface area contributed by atoms with Crippen LogP contribution in [0.25, 0.3) is 6.08 Å². The van der Waals surface area contributed by atoms with E-state index in [1.54, 1.807) is 18.2 Å². The van der Waals surface area contributed by atoms with Crippen molar-refractivity contribution in [3.8, 4) is 5.75 Å². The van der Waals surface area contributed by atoms with Crippen molar-refractivity contribution >= 4 is 34.5 Å². The molecule has 25 heavy (non-hydrogen) atoms. The van der Waals surface area contributed by atoms with Gasteiger partial charge in [0.05, 0.1) is 6.61 Å². The highest BCUT2D eigenvalue weighted by atomic mass is 127. The number of halogens is 1. The molecule has 0 aromatic heterocycles. The van der Waals surface area contributed by atoms with Crippen LogP contribution in [0.5, 0.6) is 5.75 Å². The molecule has 0 radical (unpaired) electrons. The van der Waals surface area contributed by atoms with Crippen LogP contribution in [-0.2, 0) is 0 Å². The lowest BCUT2D eigenvalue weighted by atomic mass is 10.1. The maximum atomic E-state index is 12.2. The van der Waals surface area contributed by atoms with Crippen LogP contribution in [-0.4, -0.2) is 24.1 Å². The lowest BCUT2D eigenvalue weighted by molar-refractivity contribution is 0.104. The van der Waals surface area contributed by atoms with Crippen molar-refractivity contribution in [1.82, 2.24) is 0 Å². The average Bonchev–Trinajstić information content (AvgIpc) is 2.64.